The quantitative estimate of drug-likeness (QED) is 0.517. The fraction of sp³-hybridized carbons (Fsp3) is 0.0952. The van der Waals surface area contributed by atoms with Crippen LogP contribution in [0, 0.1) is 0 Å². The van der Waals surface area contributed by atoms with Gasteiger partial charge >= 0.3 is 0 Å². The number of hydrazone groups is 1. The van der Waals surface area contributed by atoms with Crippen molar-refractivity contribution in [3.05, 3.63) is 89.7 Å². The van der Waals surface area contributed by atoms with E-state index in [9.17, 15) is 4.79 Å². The number of carbonyl (C=O) groups is 1. The molecule has 6 heteroatoms. The molecule has 0 aliphatic heterocycles. The molecule has 0 radical (unpaired) electrons. The van der Waals surface area contributed by atoms with Crippen molar-refractivity contribution in [1.29, 1.82) is 0 Å². The second-order valence-corrected chi connectivity index (χ2v) is 5.64. The Morgan fingerprint density at radius 2 is 1.81 bits per heavy atom. The zero-order valence-corrected chi connectivity index (χ0v) is 14.8. The fourth-order valence-electron chi connectivity index (χ4n) is 2.29. The molecular formula is C21H19N3O3. The minimum Gasteiger partial charge on any atom is -0.497 e. The Balaban J connectivity index is 1.53. The molecule has 1 amide bonds. The molecule has 3 rings (SSSR count). The highest BCUT2D eigenvalue weighted by Crippen LogP contribution is 2.20. The predicted molar refractivity (Wildman–Crippen MR) is 103 cm³/mol. The van der Waals surface area contributed by atoms with Crippen molar-refractivity contribution in [2.45, 2.75) is 6.61 Å². The molecule has 0 aliphatic carbocycles. The number of aromatic nitrogens is 1. The molecule has 0 bridgehead atoms. The van der Waals surface area contributed by atoms with E-state index in [-0.39, 0.29) is 5.91 Å². The largest absolute Gasteiger partial charge is 0.497 e. The highest BCUT2D eigenvalue weighted by Gasteiger charge is 2.04. The van der Waals surface area contributed by atoms with Gasteiger partial charge in [-0.3, -0.25) is 9.78 Å². The molecule has 2 aromatic carbocycles. The smallest absolute Gasteiger partial charge is 0.271 e. The average Bonchev–Trinajstić information content (AvgIpc) is 2.73. The lowest BCUT2D eigenvalue weighted by Crippen LogP contribution is -2.17. The molecule has 6 nitrogen and oxygen atoms in total. The van der Waals surface area contributed by atoms with Crippen LogP contribution < -0.4 is 14.9 Å². The van der Waals surface area contributed by atoms with Gasteiger partial charge in [0.2, 0.25) is 0 Å². The lowest BCUT2D eigenvalue weighted by molar-refractivity contribution is 0.0955. The summed E-state index contributed by atoms with van der Waals surface area (Å²) >= 11 is 0. The van der Waals surface area contributed by atoms with Gasteiger partial charge in [-0.15, -0.1) is 0 Å². The summed E-state index contributed by atoms with van der Waals surface area (Å²) in [6.45, 7) is 0.398. The van der Waals surface area contributed by atoms with Gasteiger partial charge in [-0.25, -0.2) is 5.43 Å². The molecule has 0 spiro atoms. The monoisotopic (exact) mass is 361 g/mol. The van der Waals surface area contributed by atoms with E-state index in [1.54, 1.807) is 50.0 Å². The third-order valence-corrected chi connectivity index (χ3v) is 3.75. The molecule has 27 heavy (non-hydrogen) atoms. The Labute approximate surface area is 157 Å². The van der Waals surface area contributed by atoms with Crippen LogP contribution in [0.3, 0.4) is 0 Å². The van der Waals surface area contributed by atoms with Crippen LogP contribution in [0.2, 0.25) is 0 Å². The lowest BCUT2D eigenvalue weighted by atomic mass is 10.1. The van der Waals surface area contributed by atoms with E-state index >= 15 is 0 Å². The molecule has 0 unspecified atom stereocenters. The van der Waals surface area contributed by atoms with Crippen molar-refractivity contribution in [1.82, 2.24) is 10.4 Å². The van der Waals surface area contributed by atoms with Gasteiger partial charge in [0.15, 0.2) is 0 Å². The van der Waals surface area contributed by atoms with Crippen molar-refractivity contribution in [2.75, 3.05) is 7.11 Å². The SMILES string of the molecule is COc1cccc(OCc2ccc(C(=O)N/N=C/c3ccncc3)cc2)c1. The van der Waals surface area contributed by atoms with Gasteiger partial charge in [0.05, 0.1) is 13.3 Å². The first-order chi connectivity index (χ1) is 13.2. The van der Waals surface area contributed by atoms with E-state index in [2.05, 4.69) is 15.5 Å². The molecule has 0 saturated heterocycles. The van der Waals surface area contributed by atoms with Crippen molar-refractivity contribution in [3.63, 3.8) is 0 Å². The van der Waals surface area contributed by atoms with Crippen LogP contribution in [0.25, 0.3) is 0 Å². The van der Waals surface area contributed by atoms with Crippen LogP contribution in [-0.4, -0.2) is 24.2 Å². The maximum absolute atomic E-state index is 12.1. The minimum atomic E-state index is -0.277. The van der Waals surface area contributed by atoms with Gasteiger partial charge in [0.1, 0.15) is 18.1 Å². The molecule has 136 valence electrons. The molecule has 0 atom stereocenters. The Bertz CT molecular complexity index is 909. The second kappa shape index (κ2) is 9.15. The van der Waals surface area contributed by atoms with Crippen LogP contribution in [0.5, 0.6) is 11.5 Å². The van der Waals surface area contributed by atoms with Crippen LogP contribution in [0.15, 0.2) is 78.2 Å². The second-order valence-electron chi connectivity index (χ2n) is 5.64. The Morgan fingerprint density at radius 3 is 2.56 bits per heavy atom. The maximum atomic E-state index is 12.1. The van der Waals surface area contributed by atoms with Gasteiger partial charge in [-0.05, 0) is 47.5 Å². The van der Waals surface area contributed by atoms with Crippen LogP contribution >= 0.6 is 0 Å². The summed E-state index contributed by atoms with van der Waals surface area (Å²) < 4.78 is 10.9. The number of hydrogen-bond acceptors (Lipinski definition) is 5. The van der Waals surface area contributed by atoms with Crippen molar-refractivity contribution < 1.29 is 14.3 Å². The first-order valence-electron chi connectivity index (χ1n) is 8.34. The molecule has 0 fully saturated rings. The first-order valence-corrected chi connectivity index (χ1v) is 8.34. The molecule has 0 aliphatic rings. The fourth-order valence-corrected chi connectivity index (χ4v) is 2.29. The molecular weight excluding hydrogens is 342 g/mol. The summed E-state index contributed by atoms with van der Waals surface area (Å²) in [4.78, 5) is 16.0. The van der Waals surface area contributed by atoms with E-state index in [0.717, 1.165) is 22.6 Å². The molecule has 1 N–H and O–H groups in total. The van der Waals surface area contributed by atoms with Crippen LogP contribution in [-0.2, 0) is 6.61 Å². The Hall–Kier alpha value is -3.67. The third-order valence-electron chi connectivity index (χ3n) is 3.75. The number of hydrogen-bond donors (Lipinski definition) is 1. The topological polar surface area (TPSA) is 72.8 Å². The van der Waals surface area contributed by atoms with E-state index in [1.807, 2.05) is 36.4 Å². The molecule has 3 aromatic rings. The highest BCUT2D eigenvalue weighted by atomic mass is 16.5. The number of methoxy groups -OCH3 is 1. The summed E-state index contributed by atoms with van der Waals surface area (Å²) in [5, 5.41) is 3.94. The van der Waals surface area contributed by atoms with E-state index in [0.29, 0.717) is 12.2 Å². The van der Waals surface area contributed by atoms with Gasteiger partial charge in [-0.2, -0.15) is 5.10 Å². The van der Waals surface area contributed by atoms with Crippen LogP contribution in [0.1, 0.15) is 21.5 Å². The summed E-state index contributed by atoms with van der Waals surface area (Å²) in [5.41, 5.74) is 4.83. The zero-order valence-electron chi connectivity index (χ0n) is 14.8. The molecule has 1 aromatic heterocycles. The third kappa shape index (κ3) is 5.40. The Kier molecular flexibility index (Phi) is 6.14. The first kappa shape index (κ1) is 18.1. The lowest BCUT2D eigenvalue weighted by Gasteiger charge is -2.08. The number of pyridine rings is 1. The summed E-state index contributed by atoms with van der Waals surface area (Å²) in [7, 11) is 1.62. The number of nitrogens with one attached hydrogen (secondary N) is 1. The Morgan fingerprint density at radius 1 is 1.07 bits per heavy atom. The molecule has 1 heterocycles. The number of carbonyl (C=O) groups excluding carboxylic acids is 1. The predicted octanol–water partition coefficient (Wildman–Crippen LogP) is 3.43. The normalized spacial score (nSPS) is 10.6. The van der Waals surface area contributed by atoms with Crippen molar-refractivity contribution >= 4 is 12.1 Å². The summed E-state index contributed by atoms with van der Waals surface area (Å²) in [5.74, 6) is 1.19. The zero-order chi connectivity index (χ0) is 18.9. The average molecular weight is 361 g/mol. The van der Waals surface area contributed by atoms with Crippen LogP contribution in [0.4, 0.5) is 0 Å². The van der Waals surface area contributed by atoms with Crippen molar-refractivity contribution in [3.8, 4) is 11.5 Å². The number of nitrogens with zero attached hydrogens (tertiary/aromatic N) is 2. The highest BCUT2D eigenvalue weighted by molar-refractivity contribution is 5.94. The summed E-state index contributed by atoms with van der Waals surface area (Å²) in [6, 6.07) is 18.2. The number of ether oxygens (including phenoxy) is 2. The number of amides is 1. The van der Waals surface area contributed by atoms with Gasteiger partial charge in [0.25, 0.3) is 5.91 Å². The van der Waals surface area contributed by atoms with E-state index < -0.39 is 0 Å². The van der Waals surface area contributed by atoms with Gasteiger partial charge in [0, 0.05) is 24.0 Å². The maximum Gasteiger partial charge on any atom is 0.271 e. The minimum absolute atomic E-state index is 0.277. The van der Waals surface area contributed by atoms with Gasteiger partial charge in [-0.1, -0.05) is 18.2 Å². The van der Waals surface area contributed by atoms with Gasteiger partial charge < -0.3 is 9.47 Å². The number of benzene rings is 2. The van der Waals surface area contributed by atoms with E-state index in [4.69, 9.17) is 9.47 Å². The standard InChI is InChI=1S/C21H19N3O3/c1-26-19-3-2-4-20(13-19)27-15-17-5-7-18(8-6-17)21(25)24-23-14-16-9-11-22-12-10-16/h2-14H,15H2,1H3,(H,24,25)/b23-14+. The molecule has 0 saturated carbocycles. The van der Waals surface area contributed by atoms with Crippen molar-refractivity contribution in [2.24, 2.45) is 5.10 Å². The van der Waals surface area contributed by atoms with E-state index in [1.165, 1.54) is 0 Å². The number of rotatable bonds is 7. The summed E-state index contributed by atoms with van der Waals surface area (Å²) in [6.07, 6.45) is 4.89.